The van der Waals surface area contributed by atoms with Crippen LogP contribution in [-0.2, 0) is 10.7 Å². The van der Waals surface area contributed by atoms with Crippen molar-refractivity contribution in [1.82, 2.24) is 10.2 Å². The summed E-state index contributed by atoms with van der Waals surface area (Å²) in [5, 5.41) is 6.03. The third-order valence-corrected chi connectivity index (χ3v) is 8.77. The quantitative estimate of drug-likeness (QED) is 0.138. The lowest BCUT2D eigenvalue weighted by molar-refractivity contribution is -0.126. The minimum atomic E-state index is -2.82. The molecule has 1 atom stereocenters. The van der Waals surface area contributed by atoms with Gasteiger partial charge < -0.3 is 15.5 Å². The van der Waals surface area contributed by atoms with Crippen LogP contribution in [0.15, 0.2) is 103 Å². The Balaban J connectivity index is 1.17. The molecule has 0 aliphatic heterocycles. The highest BCUT2D eigenvalue weighted by Crippen LogP contribution is 2.49. The van der Waals surface area contributed by atoms with Gasteiger partial charge in [-0.1, -0.05) is 79.7 Å². The molecule has 8 heteroatoms. The summed E-state index contributed by atoms with van der Waals surface area (Å²) in [6, 6.07) is 30.7. The van der Waals surface area contributed by atoms with Gasteiger partial charge >= 0.3 is 0 Å². The van der Waals surface area contributed by atoms with E-state index in [1.807, 2.05) is 87.7 Å². The lowest BCUT2D eigenvalue weighted by Gasteiger charge is -2.28. The molecule has 0 bridgehead atoms. The number of hydrogen-bond acceptors (Lipinski definition) is 4. The van der Waals surface area contributed by atoms with Crippen LogP contribution in [0.5, 0.6) is 0 Å². The molecular weight excluding hydrogens is 594 g/mol. The molecule has 0 radical (unpaired) electrons. The first-order chi connectivity index (χ1) is 22.7. The van der Waals surface area contributed by atoms with E-state index in [1.165, 1.54) is 12.1 Å². The van der Waals surface area contributed by atoms with Gasteiger partial charge in [-0.25, -0.2) is 8.78 Å². The number of anilines is 2. The van der Waals surface area contributed by atoms with Crippen molar-refractivity contribution < 1.29 is 18.4 Å². The molecule has 5 rings (SSSR count). The van der Waals surface area contributed by atoms with E-state index in [-0.39, 0.29) is 23.4 Å². The molecule has 4 aromatic rings. The standard InChI is InChI=1S/C39H44F2N4O2/c1-4-25-42-38(47)36(29-11-6-5-7-12-29)45(3)27-10-26-44(2)33-23-21-32(22-24-33)43-37(46)35-14-9-8-13-34(35)28-15-17-30(18-16-28)39(40,41)31-19-20-31/h5-9,11-18,21-24,31,36H,4,10,19-20,25-27H2,1-3H3,(H,42,47)(H,43,46). The van der Waals surface area contributed by atoms with E-state index in [0.717, 1.165) is 37.2 Å². The summed E-state index contributed by atoms with van der Waals surface area (Å²) in [6.07, 6.45) is 2.86. The van der Waals surface area contributed by atoms with E-state index in [1.54, 1.807) is 24.3 Å². The molecule has 1 aliphatic carbocycles. The summed E-state index contributed by atoms with van der Waals surface area (Å²) in [7, 11) is 4.01. The Bertz CT molecular complexity index is 1620. The second-order valence-corrected chi connectivity index (χ2v) is 12.4. The normalized spacial score (nSPS) is 13.7. The van der Waals surface area contributed by atoms with E-state index >= 15 is 0 Å². The van der Waals surface area contributed by atoms with Crippen molar-refractivity contribution in [2.45, 2.75) is 44.6 Å². The Labute approximate surface area is 276 Å². The van der Waals surface area contributed by atoms with E-state index in [0.29, 0.717) is 41.8 Å². The monoisotopic (exact) mass is 638 g/mol. The maximum atomic E-state index is 14.6. The smallest absolute Gasteiger partial charge is 0.276 e. The number of amides is 2. The van der Waals surface area contributed by atoms with Crippen molar-refractivity contribution >= 4 is 23.2 Å². The minimum absolute atomic E-state index is 0.0144. The Morgan fingerprint density at radius 2 is 1.51 bits per heavy atom. The second kappa shape index (κ2) is 15.4. The Kier molecular flexibility index (Phi) is 11.0. The predicted molar refractivity (Wildman–Crippen MR) is 186 cm³/mol. The van der Waals surface area contributed by atoms with E-state index in [4.69, 9.17) is 0 Å². The van der Waals surface area contributed by atoms with Crippen LogP contribution in [0.3, 0.4) is 0 Å². The lowest BCUT2D eigenvalue weighted by atomic mass is 9.96. The van der Waals surface area contributed by atoms with Crippen LogP contribution in [0.1, 0.15) is 60.1 Å². The van der Waals surface area contributed by atoms with Crippen molar-refractivity contribution in [3.05, 3.63) is 120 Å². The van der Waals surface area contributed by atoms with Gasteiger partial charge in [-0.05, 0) is 79.8 Å². The van der Waals surface area contributed by atoms with Gasteiger partial charge in [0.2, 0.25) is 5.91 Å². The maximum Gasteiger partial charge on any atom is 0.276 e. The molecule has 1 fully saturated rings. The van der Waals surface area contributed by atoms with Crippen molar-refractivity contribution in [3.63, 3.8) is 0 Å². The van der Waals surface area contributed by atoms with Crippen LogP contribution in [-0.4, -0.2) is 50.4 Å². The van der Waals surface area contributed by atoms with Gasteiger partial charge in [0.15, 0.2) is 0 Å². The summed E-state index contributed by atoms with van der Waals surface area (Å²) in [6.45, 7) is 4.22. The number of alkyl halides is 2. The first-order valence-corrected chi connectivity index (χ1v) is 16.4. The van der Waals surface area contributed by atoms with Gasteiger partial charge in [0.25, 0.3) is 11.8 Å². The maximum absolute atomic E-state index is 14.6. The van der Waals surface area contributed by atoms with Crippen LogP contribution in [0.25, 0.3) is 11.1 Å². The van der Waals surface area contributed by atoms with Crippen LogP contribution >= 0.6 is 0 Å². The zero-order valence-electron chi connectivity index (χ0n) is 27.4. The predicted octanol–water partition coefficient (Wildman–Crippen LogP) is 8.13. The molecule has 0 saturated heterocycles. The first kappa shape index (κ1) is 33.8. The van der Waals surface area contributed by atoms with Crippen LogP contribution in [0, 0.1) is 5.92 Å². The summed E-state index contributed by atoms with van der Waals surface area (Å²) >= 11 is 0. The number of nitrogens with one attached hydrogen (secondary N) is 2. The highest BCUT2D eigenvalue weighted by Gasteiger charge is 2.47. The summed E-state index contributed by atoms with van der Waals surface area (Å²) in [5.74, 6) is -3.64. The van der Waals surface area contributed by atoms with Crippen molar-refractivity contribution in [2.75, 3.05) is 43.9 Å². The first-order valence-electron chi connectivity index (χ1n) is 16.4. The number of benzene rings is 4. The fraction of sp³-hybridized carbons (Fsp3) is 0.333. The Morgan fingerprint density at radius 1 is 0.851 bits per heavy atom. The highest BCUT2D eigenvalue weighted by atomic mass is 19.3. The van der Waals surface area contributed by atoms with E-state index in [9.17, 15) is 18.4 Å². The molecular formula is C39H44F2N4O2. The molecule has 2 amide bonds. The van der Waals surface area contributed by atoms with E-state index < -0.39 is 11.8 Å². The third kappa shape index (κ3) is 8.43. The second-order valence-electron chi connectivity index (χ2n) is 12.4. The fourth-order valence-electron chi connectivity index (χ4n) is 5.89. The third-order valence-electron chi connectivity index (χ3n) is 8.77. The molecule has 1 unspecified atom stereocenters. The molecule has 0 aromatic heterocycles. The molecule has 47 heavy (non-hydrogen) atoms. The van der Waals surface area contributed by atoms with Crippen LogP contribution in [0.2, 0.25) is 0 Å². The van der Waals surface area contributed by atoms with Gasteiger partial charge in [0, 0.05) is 55.1 Å². The van der Waals surface area contributed by atoms with Crippen molar-refractivity contribution in [2.24, 2.45) is 5.92 Å². The SMILES string of the molecule is CCCNC(=O)C(c1ccccc1)N(C)CCCN(C)c1ccc(NC(=O)c2ccccc2-c2ccc(C(F)(F)C3CC3)cc2)cc1. The number of carbonyl (C=O) groups excluding carboxylic acids is 2. The molecule has 2 N–H and O–H groups in total. The average Bonchev–Trinajstić information content (AvgIpc) is 3.95. The van der Waals surface area contributed by atoms with Crippen LogP contribution < -0.4 is 15.5 Å². The Morgan fingerprint density at radius 3 is 2.17 bits per heavy atom. The summed E-state index contributed by atoms with van der Waals surface area (Å²) in [5.41, 5.74) is 4.53. The molecule has 0 spiro atoms. The zero-order valence-corrected chi connectivity index (χ0v) is 27.4. The zero-order chi connectivity index (χ0) is 33.4. The number of nitrogens with zero attached hydrogens (tertiary/aromatic N) is 2. The van der Waals surface area contributed by atoms with Gasteiger partial charge in [-0.15, -0.1) is 0 Å². The lowest BCUT2D eigenvalue weighted by Crippen LogP contribution is -2.40. The van der Waals surface area contributed by atoms with Crippen molar-refractivity contribution in [1.29, 1.82) is 0 Å². The van der Waals surface area contributed by atoms with Gasteiger partial charge in [-0.2, -0.15) is 0 Å². The van der Waals surface area contributed by atoms with Gasteiger partial charge in [-0.3, -0.25) is 14.5 Å². The summed E-state index contributed by atoms with van der Waals surface area (Å²) < 4.78 is 29.1. The minimum Gasteiger partial charge on any atom is -0.375 e. The van der Waals surface area contributed by atoms with E-state index in [2.05, 4.69) is 20.4 Å². The topological polar surface area (TPSA) is 64.7 Å². The largest absolute Gasteiger partial charge is 0.375 e. The Hall–Kier alpha value is -4.56. The molecule has 246 valence electrons. The van der Waals surface area contributed by atoms with Gasteiger partial charge in [0.05, 0.1) is 0 Å². The molecule has 1 aliphatic rings. The highest BCUT2D eigenvalue weighted by molar-refractivity contribution is 6.08. The molecule has 6 nitrogen and oxygen atoms in total. The number of rotatable bonds is 15. The van der Waals surface area contributed by atoms with Gasteiger partial charge in [0.1, 0.15) is 6.04 Å². The summed E-state index contributed by atoms with van der Waals surface area (Å²) in [4.78, 5) is 30.6. The molecule has 0 heterocycles. The average molecular weight is 639 g/mol. The van der Waals surface area contributed by atoms with Crippen LogP contribution in [0.4, 0.5) is 20.2 Å². The number of carbonyl (C=O) groups is 2. The fourth-order valence-corrected chi connectivity index (χ4v) is 5.89. The number of hydrogen-bond donors (Lipinski definition) is 2. The molecule has 4 aromatic carbocycles. The number of halogens is 2. The molecule has 1 saturated carbocycles. The van der Waals surface area contributed by atoms with Crippen molar-refractivity contribution in [3.8, 4) is 11.1 Å². The number of likely N-dealkylation sites (N-methyl/N-ethyl adjacent to an activating group) is 1.